The summed E-state index contributed by atoms with van der Waals surface area (Å²) in [6.45, 7) is 4.76. The average molecular weight is 414 g/mol. The number of nitrogens with one attached hydrogen (secondary N) is 1. The van der Waals surface area contributed by atoms with E-state index >= 15 is 0 Å². The lowest BCUT2D eigenvalue weighted by Crippen LogP contribution is -2.41. The van der Waals surface area contributed by atoms with Gasteiger partial charge in [0, 0.05) is 31.7 Å². The molecule has 0 saturated carbocycles. The molecule has 1 aliphatic rings. The molecule has 2 aromatic heterocycles. The van der Waals surface area contributed by atoms with Gasteiger partial charge in [0.2, 0.25) is 5.82 Å². The smallest absolute Gasteiger partial charge is 0.261 e. The molecule has 8 nitrogen and oxygen atoms in total. The molecule has 152 valence electrons. The van der Waals surface area contributed by atoms with Crippen molar-refractivity contribution in [2.45, 2.75) is 0 Å². The van der Waals surface area contributed by atoms with Crippen LogP contribution in [0.5, 0.6) is 5.75 Å². The van der Waals surface area contributed by atoms with Gasteiger partial charge in [0.25, 0.3) is 11.8 Å². The molecule has 3 aromatic rings. The van der Waals surface area contributed by atoms with Gasteiger partial charge in [-0.15, -0.1) is 11.3 Å². The Hall–Kier alpha value is -2.75. The lowest BCUT2D eigenvalue weighted by Gasteiger charge is -2.26. The van der Waals surface area contributed by atoms with Crippen LogP contribution in [0.15, 0.2) is 40.9 Å². The lowest BCUT2D eigenvalue weighted by atomic mass is 10.2. The number of benzene rings is 1. The van der Waals surface area contributed by atoms with Gasteiger partial charge in [-0.2, -0.15) is 4.98 Å². The van der Waals surface area contributed by atoms with E-state index < -0.39 is 0 Å². The highest BCUT2D eigenvalue weighted by atomic mass is 32.1. The van der Waals surface area contributed by atoms with Gasteiger partial charge < -0.3 is 19.3 Å². The molecule has 0 aliphatic carbocycles. The number of amides is 1. The van der Waals surface area contributed by atoms with Gasteiger partial charge >= 0.3 is 0 Å². The van der Waals surface area contributed by atoms with Crippen LogP contribution in [0.25, 0.3) is 22.2 Å². The number of nitrogens with zero attached hydrogens (tertiary/aromatic N) is 3. The number of hydrogen-bond donors (Lipinski definition) is 1. The third-order valence-corrected chi connectivity index (χ3v) is 5.71. The monoisotopic (exact) mass is 414 g/mol. The molecule has 1 aromatic carbocycles. The van der Waals surface area contributed by atoms with E-state index in [1.807, 2.05) is 30.3 Å². The van der Waals surface area contributed by atoms with E-state index in [-0.39, 0.29) is 5.91 Å². The molecule has 4 rings (SSSR count). The van der Waals surface area contributed by atoms with Crippen LogP contribution < -0.4 is 10.1 Å². The first kappa shape index (κ1) is 19.6. The van der Waals surface area contributed by atoms with E-state index in [1.54, 1.807) is 13.2 Å². The summed E-state index contributed by atoms with van der Waals surface area (Å²) in [6.07, 6.45) is 0. The fourth-order valence-electron chi connectivity index (χ4n) is 2.99. The molecule has 1 N–H and O–H groups in total. The molecule has 0 unspecified atom stereocenters. The molecule has 3 heterocycles. The van der Waals surface area contributed by atoms with Crippen LogP contribution in [-0.2, 0) is 4.74 Å². The first-order valence-electron chi connectivity index (χ1n) is 9.39. The number of thiophene rings is 1. The molecule has 1 aliphatic heterocycles. The number of morpholine rings is 1. The highest BCUT2D eigenvalue weighted by molar-refractivity contribution is 7.17. The van der Waals surface area contributed by atoms with Gasteiger partial charge in [-0.3, -0.25) is 9.69 Å². The Bertz CT molecular complexity index is 948. The van der Waals surface area contributed by atoms with Gasteiger partial charge in [0.05, 0.1) is 30.1 Å². The van der Waals surface area contributed by atoms with Crippen molar-refractivity contribution in [3.63, 3.8) is 0 Å². The number of aromatic nitrogens is 2. The second-order valence-electron chi connectivity index (χ2n) is 6.53. The summed E-state index contributed by atoms with van der Waals surface area (Å²) in [5.74, 6) is 1.56. The maximum Gasteiger partial charge on any atom is 0.261 e. The van der Waals surface area contributed by atoms with Gasteiger partial charge in [-0.05, 0) is 36.4 Å². The highest BCUT2D eigenvalue weighted by Gasteiger charge is 2.16. The Labute approximate surface area is 172 Å². The summed E-state index contributed by atoms with van der Waals surface area (Å²) in [4.78, 5) is 20.5. The third-order valence-electron chi connectivity index (χ3n) is 4.63. The highest BCUT2D eigenvalue weighted by Crippen LogP contribution is 2.28. The van der Waals surface area contributed by atoms with Crippen LogP contribution in [0.2, 0.25) is 0 Å². The molecule has 1 fully saturated rings. The van der Waals surface area contributed by atoms with Crippen molar-refractivity contribution in [3.05, 3.63) is 41.3 Å². The van der Waals surface area contributed by atoms with Crippen molar-refractivity contribution in [1.29, 1.82) is 0 Å². The van der Waals surface area contributed by atoms with Gasteiger partial charge in [-0.25, -0.2) is 0 Å². The molecule has 0 spiro atoms. The molecule has 0 radical (unpaired) electrons. The maximum atomic E-state index is 12.4. The summed E-state index contributed by atoms with van der Waals surface area (Å²) < 4.78 is 15.9. The maximum absolute atomic E-state index is 12.4. The zero-order valence-corrected chi connectivity index (χ0v) is 16.9. The van der Waals surface area contributed by atoms with E-state index in [0.29, 0.717) is 23.1 Å². The standard InChI is InChI=1S/C20H22N4O4S/c1-26-15-4-2-14(3-5-15)20-22-18(23-28-20)16-6-7-17(29-16)19(25)21-8-9-24-10-12-27-13-11-24/h2-7H,8-13H2,1H3,(H,21,25). The van der Waals surface area contributed by atoms with Gasteiger partial charge in [0.1, 0.15) is 5.75 Å². The fourth-order valence-corrected chi connectivity index (χ4v) is 3.84. The van der Waals surface area contributed by atoms with E-state index in [2.05, 4.69) is 20.4 Å². The van der Waals surface area contributed by atoms with E-state index in [9.17, 15) is 4.79 Å². The van der Waals surface area contributed by atoms with Crippen LogP contribution >= 0.6 is 11.3 Å². The van der Waals surface area contributed by atoms with Crippen molar-refractivity contribution < 1.29 is 18.8 Å². The minimum atomic E-state index is -0.0895. The van der Waals surface area contributed by atoms with E-state index in [0.717, 1.165) is 49.0 Å². The van der Waals surface area contributed by atoms with Crippen molar-refractivity contribution in [3.8, 4) is 27.9 Å². The number of methoxy groups -OCH3 is 1. The average Bonchev–Trinajstić information content (AvgIpc) is 3.44. The molecular formula is C20H22N4O4S. The summed E-state index contributed by atoms with van der Waals surface area (Å²) in [5, 5.41) is 7.01. The fraction of sp³-hybridized carbons (Fsp3) is 0.350. The number of hydrogen-bond acceptors (Lipinski definition) is 8. The zero-order valence-electron chi connectivity index (χ0n) is 16.1. The Morgan fingerprint density at radius 1 is 1.21 bits per heavy atom. The topological polar surface area (TPSA) is 89.7 Å². The summed E-state index contributed by atoms with van der Waals surface area (Å²) in [5.41, 5.74) is 0.808. The summed E-state index contributed by atoms with van der Waals surface area (Å²) in [6, 6.07) is 11.0. The molecule has 1 saturated heterocycles. The Kier molecular flexibility index (Phi) is 6.18. The van der Waals surface area contributed by atoms with Crippen molar-refractivity contribution in [1.82, 2.24) is 20.4 Å². The minimum Gasteiger partial charge on any atom is -0.497 e. The Morgan fingerprint density at radius 2 is 2.00 bits per heavy atom. The predicted octanol–water partition coefficient (Wildman–Crippen LogP) is 2.54. The number of rotatable bonds is 7. The molecular weight excluding hydrogens is 392 g/mol. The predicted molar refractivity (Wildman–Crippen MR) is 109 cm³/mol. The molecule has 29 heavy (non-hydrogen) atoms. The molecule has 0 bridgehead atoms. The molecule has 1 amide bonds. The summed E-state index contributed by atoms with van der Waals surface area (Å²) in [7, 11) is 1.62. The van der Waals surface area contributed by atoms with Gasteiger partial charge in [0.15, 0.2) is 0 Å². The van der Waals surface area contributed by atoms with Crippen molar-refractivity contribution in [2.24, 2.45) is 0 Å². The normalized spacial score (nSPS) is 14.7. The quantitative estimate of drug-likeness (QED) is 0.635. The number of carbonyl (C=O) groups excluding carboxylic acids is 1. The second kappa shape index (κ2) is 9.17. The molecule has 0 atom stereocenters. The van der Waals surface area contributed by atoms with Crippen LogP contribution in [0.1, 0.15) is 9.67 Å². The third kappa shape index (κ3) is 4.81. The number of carbonyl (C=O) groups is 1. The Morgan fingerprint density at radius 3 is 2.76 bits per heavy atom. The number of ether oxygens (including phenoxy) is 2. The second-order valence-corrected chi connectivity index (χ2v) is 7.61. The first-order valence-corrected chi connectivity index (χ1v) is 10.2. The van der Waals surface area contributed by atoms with E-state index in [1.165, 1.54) is 11.3 Å². The lowest BCUT2D eigenvalue weighted by molar-refractivity contribution is 0.0383. The van der Waals surface area contributed by atoms with Crippen molar-refractivity contribution in [2.75, 3.05) is 46.5 Å². The summed E-state index contributed by atoms with van der Waals surface area (Å²) >= 11 is 1.34. The molecule has 9 heteroatoms. The largest absolute Gasteiger partial charge is 0.497 e. The van der Waals surface area contributed by atoms with Crippen molar-refractivity contribution >= 4 is 17.2 Å². The van der Waals surface area contributed by atoms with Crippen LogP contribution in [0.3, 0.4) is 0 Å². The zero-order chi connectivity index (χ0) is 20.1. The first-order chi connectivity index (χ1) is 14.2. The Balaban J connectivity index is 1.35. The minimum absolute atomic E-state index is 0.0895. The van der Waals surface area contributed by atoms with Crippen LogP contribution in [-0.4, -0.2) is 67.5 Å². The van der Waals surface area contributed by atoms with Gasteiger partial charge in [-0.1, -0.05) is 5.16 Å². The van der Waals surface area contributed by atoms with E-state index in [4.69, 9.17) is 14.0 Å². The van der Waals surface area contributed by atoms with Crippen LogP contribution in [0, 0.1) is 0 Å². The SMILES string of the molecule is COc1ccc(-c2nc(-c3ccc(C(=O)NCCN4CCOCC4)s3)no2)cc1. The van der Waals surface area contributed by atoms with Crippen LogP contribution in [0.4, 0.5) is 0 Å².